The van der Waals surface area contributed by atoms with Crippen molar-refractivity contribution in [1.82, 2.24) is 19.8 Å². The number of aromatic nitrogens is 2. The van der Waals surface area contributed by atoms with Crippen LogP contribution in [0.1, 0.15) is 25.8 Å². The molecule has 1 aliphatic heterocycles. The van der Waals surface area contributed by atoms with Crippen LogP contribution in [0.25, 0.3) is 33.4 Å². The van der Waals surface area contributed by atoms with Crippen LogP contribution in [-0.4, -0.2) is 39.5 Å². The first kappa shape index (κ1) is 24.2. The summed E-state index contributed by atoms with van der Waals surface area (Å²) in [5, 5.41) is 3.88. The van der Waals surface area contributed by atoms with Crippen LogP contribution in [0, 0.1) is 0 Å². The molecule has 5 rings (SSSR count). The first-order valence-corrected chi connectivity index (χ1v) is 12.7. The van der Waals surface area contributed by atoms with Crippen LogP contribution in [0.5, 0.6) is 0 Å². The Balaban J connectivity index is 1.60. The van der Waals surface area contributed by atoms with Gasteiger partial charge >= 0.3 is 0 Å². The fraction of sp³-hybridized carbons (Fsp3) is 0.276. The van der Waals surface area contributed by atoms with Crippen molar-refractivity contribution >= 4 is 28.4 Å². The Kier molecular flexibility index (Phi) is 6.90. The zero-order valence-electron chi connectivity index (χ0n) is 20.5. The molecule has 3 aromatic carbocycles. The first-order valence-electron chi connectivity index (χ1n) is 12.3. The molecular formula is C29H29ClN4O2. The lowest BCUT2D eigenvalue weighted by Gasteiger charge is -2.30. The SMILES string of the molecule is CC(C)NC(=O)Cn1c(-c2cccc(Cl)c2)nc2ccc(-c3cccc(CN4CCC4)c3)cc2c1=O. The van der Waals surface area contributed by atoms with Crippen molar-refractivity contribution in [3.63, 3.8) is 0 Å². The second kappa shape index (κ2) is 10.2. The van der Waals surface area contributed by atoms with E-state index in [2.05, 4.69) is 34.5 Å². The molecule has 1 saturated heterocycles. The number of fused-ring (bicyclic) bond motifs is 1. The van der Waals surface area contributed by atoms with E-state index in [1.807, 2.05) is 44.2 Å². The number of hydrogen-bond acceptors (Lipinski definition) is 4. The van der Waals surface area contributed by atoms with Gasteiger partial charge in [-0.15, -0.1) is 0 Å². The zero-order chi connectivity index (χ0) is 25.2. The maximum atomic E-state index is 13.8. The van der Waals surface area contributed by atoms with Gasteiger partial charge in [0.05, 0.1) is 10.9 Å². The number of carbonyl (C=O) groups excluding carboxylic acids is 1. The van der Waals surface area contributed by atoms with Crippen molar-refractivity contribution in [1.29, 1.82) is 0 Å². The maximum Gasteiger partial charge on any atom is 0.262 e. The molecule has 1 aromatic heterocycles. The van der Waals surface area contributed by atoms with E-state index in [0.717, 1.165) is 30.8 Å². The van der Waals surface area contributed by atoms with Gasteiger partial charge in [-0.2, -0.15) is 0 Å². The topological polar surface area (TPSA) is 67.2 Å². The quantitative estimate of drug-likeness (QED) is 0.382. The molecule has 1 aliphatic rings. The normalized spacial score (nSPS) is 13.7. The van der Waals surface area contributed by atoms with Crippen molar-refractivity contribution in [3.05, 3.63) is 87.7 Å². The fourth-order valence-electron chi connectivity index (χ4n) is 4.55. The van der Waals surface area contributed by atoms with Gasteiger partial charge < -0.3 is 5.32 Å². The number of benzene rings is 3. The summed E-state index contributed by atoms with van der Waals surface area (Å²) in [7, 11) is 0. The first-order chi connectivity index (χ1) is 17.4. The number of nitrogens with one attached hydrogen (secondary N) is 1. The highest BCUT2D eigenvalue weighted by Crippen LogP contribution is 2.27. The monoisotopic (exact) mass is 500 g/mol. The van der Waals surface area contributed by atoms with Gasteiger partial charge in [0, 0.05) is 23.2 Å². The van der Waals surface area contributed by atoms with E-state index in [4.69, 9.17) is 16.6 Å². The zero-order valence-corrected chi connectivity index (χ0v) is 21.3. The molecule has 0 radical (unpaired) electrons. The molecule has 2 heterocycles. The summed E-state index contributed by atoms with van der Waals surface area (Å²) in [6, 6.07) is 21.3. The largest absolute Gasteiger partial charge is 0.352 e. The van der Waals surface area contributed by atoms with Crippen LogP contribution in [-0.2, 0) is 17.9 Å². The van der Waals surface area contributed by atoms with Crippen molar-refractivity contribution < 1.29 is 4.79 Å². The molecule has 184 valence electrons. The van der Waals surface area contributed by atoms with E-state index in [1.54, 1.807) is 12.1 Å². The summed E-state index contributed by atoms with van der Waals surface area (Å²) in [5.41, 5.74) is 4.26. The highest BCUT2D eigenvalue weighted by molar-refractivity contribution is 6.30. The Morgan fingerprint density at radius 3 is 2.47 bits per heavy atom. The van der Waals surface area contributed by atoms with Gasteiger partial charge in [0.1, 0.15) is 12.4 Å². The van der Waals surface area contributed by atoms with Crippen LogP contribution < -0.4 is 10.9 Å². The van der Waals surface area contributed by atoms with Crippen LogP contribution in [0.3, 0.4) is 0 Å². The third kappa shape index (κ3) is 5.20. The van der Waals surface area contributed by atoms with Gasteiger partial charge in [-0.1, -0.05) is 48.0 Å². The van der Waals surface area contributed by atoms with Gasteiger partial charge in [-0.25, -0.2) is 4.98 Å². The van der Waals surface area contributed by atoms with Crippen molar-refractivity contribution in [2.75, 3.05) is 13.1 Å². The Labute approximate surface area is 215 Å². The minimum Gasteiger partial charge on any atom is -0.352 e. The summed E-state index contributed by atoms with van der Waals surface area (Å²) in [4.78, 5) is 33.7. The Morgan fingerprint density at radius 2 is 1.75 bits per heavy atom. The number of halogens is 1. The van der Waals surface area contributed by atoms with Gasteiger partial charge in [0.25, 0.3) is 5.56 Å². The molecular weight excluding hydrogens is 472 g/mol. The summed E-state index contributed by atoms with van der Waals surface area (Å²) < 4.78 is 1.44. The van der Waals surface area contributed by atoms with E-state index < -0.39 is 0 Å². The van der Waals surface area contributed by atoms with Crippen LogP contribution in [0.15, 0.2) is 71.5 Å². The summed E-state index contributed by atoms with van der Waals surface area (Å²) in [5.74, 6) is 0.171. The minimum atomic E-state index is -0.257. The third-order valence-corrected chi connectivity index (χ3v) is 6.64. The van der Waals surface area contributed by atoms with Crippen molar-refractivity contribution in [2.45, 2.75) is 39.4 Å². The lowest BCUT2D eigenvalue weighted by molar-refractivity contribution is -0.122. The van der Waals surface area contributed by atoms with Crippen molar-refractivity contribution in [2.24, 2.45) is 0 Å². The Bertz CT molecular complexity index is 1490. The number of likely N-dealkylation sites (tertiary alicyclic amines) is 1. The fourth-order valence-corrected chi connectivity index (χ4v) is 4.74. The molecule has 6 nitrogen and oxygen atoms in total. The van der Waals surface area contributed by atoms with Gasteiger partial charge in [-0.05, 0) is 80.4 Å². The summed E-state index contributed by atoms with van der Waals surface area (Å²) in [6.45, 7) is 6.87. The molecule has 36 heavy (non-hydrogen) atoms. The predicted molar refractivity (Wildman–Crippen MR) is 145 cm³/mol. The van der Waals surface area contributed by atoms with E-state index in [0.29, 0.717) is 27.3 Å². The average molecular weight is 501 g/mol. The third-order valence-electron chi connectivity index (χ3n) is 6.40. The van der Waals surface area contributed by atoms with Crippen LogP contribution >= 0.6 is 11.6 Å². The number of amides is 1. The van der Waals surface area contributed by atoms with Gasteiger partial charge in [0.15, 0.2) is 0 Å². The molecule has 0 atom stereocenters. The number of hydrogen-bond donors (Lipinski definition) is 1. The Morgan fingerprint density at radius 1 is 1.00 bits per heavy atom. The highest BCUT2D eigenvalue weighted by Gasteiger charge is 2.18. The predicted octanol–water partition coefficient (Wildman–Crippen LogP) is 5.11. The Hall–Kier alpha value is -3.48. The van der Waals surface area contributed by atoms with E-state index in [1.165, 1.54) is 16.6 Å². The molecule has 1 fully saturated rings. The molecule has 0 unspecified atom stereocenters. The van der Waals surface area contributed by atoms with Gasteiger partial charge in [0.2, 0.25) is 5.91 Å². The molecule has 1 amide bonds. The van der Waals surface area contributed by atoms with E-state index >= 15 is 0 Å². The smallest absolute Gasteiger partial charge is 0.262 e. The minimum absolute atomic E-state index is 0.0358. The highest BCUT2D eigenvalue weighted by atomic mass is 35.5. The van der Waals surface area contributed by atoms with Crippen LogP contribution in [0.2, 0.25) is 5.02 Å². The molecule has 0 aliphatic carbocycles. The van der Waals surface area contributed by atoms with E-state index in [9.17, 15) is 9.59 Å². The standard InChI is InChI=1S/C29H29ClN4O2/c1-19(2)31-27(35)18-34-28(23-8-4-9-24(30)15-23)32-26-11-10-22(16-25(26)29(34)36)21-7-3-6-20(14-21)17-33-12-5-13-33/h3-4,6-11,14-16,19H,5,12-13,17-18H2,1-2H3,(H,31,35). The number of rotatable bonds is 7. The molecule has 0 bridgehead atoms. The molecule has 4 aromatic rings. The molecule has 7 heteroatoms. The number of carbonyl (C=O) groups is 1. The lowest BCUT2D eigenvalue weighted by Crippen LogP contribution is -2.37. The summed E-state index contributed by atoms with van der Waals surface area (Å²) >= 11 is 6.23. The molecule has 0 spiro atoms. The summed E-state index contributed by atoms with van der Waals surface area (Å²) in [6.07, 6.45) is 1.26. The maximum absolute atomic E-state index is 13.8. The molecule has 1 N–H and O–H groups in total. The number of nitrogens with zero attached hydrogens (tertiary/aromatic N) is 3. The second-order valence-corrected chi connectivity index (χ2v) is 10.1. The van der Waals surface area contributed by atoms with Crippen LogP contribution in [0.4, 0.5) is 0 Å². The lowest BCUT2D eigenvalue weighted by atomic mass is 10.0. The second-order valence-electron chi connectivity index (χ2n) is 9.62. The van der Waals surface area contributed by atoms with Gasteiger partial charge in [-0.3, -0.25) is 19.1 Å². The van der Waals surface area contributed by atoms with E-state index in [-0.39, 0.29) is 24.1 Å². The van der Waals surface area contributed by atoms with Crippen molar-refractivity contribution in [3.8, 4) is 22.5 Å². The molecule has 0 saturated carbocycles. The average Bonchev–Trinajstić information content (AvgIpc) is 2.82.